The van der Waals surface area contributed by atoms with Gasteiger partial charge in [-0.1, -0.05) is 25.5 Å². The van der Waals surface area contributed by atoms with Crippen LogP contribution in [0.15, 0.2) is 30.5 Å². The Morgan fingerprint density at radius 1 is 1.40 bits per heavy atom. The summed E-state index contributed by atoms with van der Waals surface area (Å²) in [6.07, 6.45) is 3.99. The molecule has 1 N–H and O–H groups in total. The summed E-state index contributed by atoms with van der Waals surface area (Å²) in [5.41, 5.74) is 1.72. The molecule has 2 rings (SSSR count). The third-order valence-corrected chi connectivity index (χ3v) is 3.18. The number of benzene rings is 1. The predicted molar refractivity (Wildman–Crippen MR) is 75.7 cm³/mol. The Bertz CT molecular complexity index is 605. The molecule has 0 spiro atoms. The topological polar surface area (TPSA) is 64.3 Å². The van der Waals surface area contributed by atoms with Crippen LogP contribution in [0.4, 0.5) is 0 Å². The molecule has 0 saturated carbocycles. The quantitative estimate of drug-likeness (QED) is 0.879. The molecule has 20 heavy (non-hydrogen) atoms. The summed E-state index contributed by atoms with van der Waals surface area (Å²) in [6.45, 7) is 2.07. The molecule has 0 amide bonds. The Balaban J connectivity index is 2.53. The number of para-hydroxylation sites is 2. The Morgan fingerprint density at radius 3 is 2.80 bits per heavy atom. The minimum absolute atomic E-state index is 0.254. The zero-order chi connectivity index (χ0) is 14.5. The van der Waals surface area contributed by atoms with E-state index < -0.39 is 5.97 Å². The van der Waals surface area contributed by atoms with Crippen molar-refractivity contribution >= 4 is 5.97 Å². The van der Waals surface area contributed by atoms with Crippen LogP contribution in [-0.2, 0) is 6.42 Å². The lowest BCUT2D eigenvalue weighted by Crippen LogP contribution is -2.08. The van der Waals surface area contributed by atoms with Crippen molar-refractivity contribution in [3.05, 3.63) is 41.7 Å². The number of ether oxygens (including phenoxy) is 1. The van der Waals surface area contributed by atoms with Crippen LogP contribution < -0.4 is 4.74 Å². The first-order valence-corrected chi connectivity index (χ1v) is 6.62. The van der Waals surface area contributed by atoms with Gasteiger partial charge in [0.15, 0.2) is 0 Å². The summed E-state index contributed by atoms with van der Waals surface area (Å²) < 4.78 is 6.99. The molecule has 5 heteroatoms. The van der Waals surface area contributed by atoms with Gasteiger partial charge in [-0.3, -0.25) is 0 Å². The van der Waals surface area contributed by atoms with Crippen LogP contribution >= 0.6 is 0 Å². The SMILES string of the molecule is CCCCc1c(C(=O)O)cnn1-c1ccccc1OC. The van der Waals surface area contributed by atoms with Crippen LogP contribution in [0.2, 0.25) is 0 Å². The minimum Gasteiger partial charge on any atom is -0.494 e. The van der Waals surface area contributed by atoms with Gasteiger partial charge >= 0.3 is 5.97 Å². The van der Waals surface area contributed by atoms with Gasteiger partial charge in [-0.25, -0.2) is 9.48 Å². The summed E-state index contributed by atoms with van der Waals surface area (Å²) in [5.74, 6) is -0.275. The number of rotatable bonds is 6. The fourth-order valence-electron chi connectivity index (χ4n) is 2.15. The van der Waals surface area contributed by atoms with Crippen LogP contribution in [0.25, 0.3) is 5.69 Å². The van der Waals surface area contributed by atoms with Crippen molar-refractivity contribution in [1.29, 1.82) is 0 Å². The lowest BCUT2D eigenvalue weighted by atomic mass is 10.1. The maximum atomic E-state index is 11.3. The number of nitrogens with zero attached hydrogens (tertiary/aromatic N) is 2. The minimum atomic E-state index is -0.947. The molecule has 0 bridgehead atoms. The molecule has 0 unspecified atom stereocenters. The predicted octanol–water partition coefficient (Wildman–Crippen LogP) is 2.92. The van der Waals surface area contributed by atoms with Crippen LogP contribution in [0, 0.1) is 0 Å². The summed E-state index contributed by atoms with van der Waals surface area (Å²) in [6, 6.07) is 7.45. The van der Waals surface area contributed by atoms with Gasteiger partial charge in [0.1, 0.15) is 17.0 Å². The molecule has 0 aliphatic carbocycles. The van der Waals surface area contributed by atoms with Crippen LogP contribution in [0.5, 0.6) is 5.75 Å². The van der Waals surface area contributed by atoms with Crippen molar-refractivity contribution < 1.29 is 14.6 Å². The number of hydrogen-bond acceptors (Lipinski definition) is 3. The normalized spacial score (nSPS) is 10.5. The Kier molecular flexibility index (Phi) is 4.40. The Labute approximate surface area is 117 Å². The number of carboxylic acids is 1. The van der Waals surface area contributed by atoms with Crippen LogP contribution in [-0.4, -0.2) is 28.0 Å². The van der Waals surface area contributed by atoms with E-state index in [1.807, 2.05) is 24.3 Å². The van der Waals surface area contributed by atoms with E-state index >= 15 is 0 Å². The third kappa shape index (κ3) is 2.66. The largest absolute Gasteiger partial charge is 0.494 e. The van der Waals surface area contributed by atoms with E-state index in [1.54, 1.807) is 11.8 Å². The number of unbranched alkanes of at least 4 members (excludes halogenated alkanes) is 1. The molecule has 0 fully saturated rings. The average molecular weight is 274 g/mol. The lowest BCUT2D eigenvalue weighted by Gasteiger charge is -2.11. The van der Waals surface area contributed by atoms with E-state index in [0.717, 1.165) is 18.5 Å². The van der Waals surface area contributed by atoms with Gasteiger partial charge in [-0.05, 0) is 25.0 Å². The van der Waals surface area contributed by atoms with Crippen molar-refractivity contribution in [1.82, 2.24) is 9.78 Å². The molecule has 0 aliphatic heterocycles. The van der Waals surface area contributed by atoms with Gasteiger partial charge in [0.25, 0.3) is 0 Å². The maximum absolute atomic E-state index is 11.3. The molecule has 1 aromatic heterocycles. The molecule has 0 aliphatic rings. The molecule has 1 heterocycles. The van der Waals surface area contributed by atoms with Crippen molar-refractivity contribution in [3.63, 3.8) is 0 Å². The van der Waals surface area contributed by atoms with Gasteiger partial charge in [-0.15, -0.1) is 0 Å². The summed E-state index contributed by atoms with van der Waals surface area (Å²) in [7, 11) is 1.59. The monoisotopic (exact) mass is 274 g/mol. The summed E-state index contributed by atoms with van der Waals surface area (Å²) >= 11 is 0. The van der Waals surface area contributed by atoms with Crippen molar-refractivity contribution in [2.24, 2.45) is 0 Å². The molecular formula is C15H18N2O3. The summed E-state index contributed by atoms with van der Waals surface area (Å²) in [4.78, 5) is 11.3. The van der Waals surface area contributed by atoms with Gasteiger partial charge in [0.05, 0.1) is 19.0 Å². The fraction of sp³-hybridized carbons (Fsp3) is 0.333. The van der Waals surface area contributed by atoms with Crippen molar-refractivity contribution in [2.75, 3.05) is 7.11 Å². The highest BCUT2D eigenvalue weighted by molar-refractivity contribution is 5.88. The van der Waals surface area contributed by atoms with E-state index in [9.17, 15) is 9.90 Å². The molecule has 0 atom stereocenters. The maximum Gasteiger partial charge on any atom is 0.339 e. The summed E-state index contributed by atoms with van der Waals surface area (Å²) in [5, 5.41) is 13.5. The van der Waals surface area contributed by atoms with E-state index in [1.165, 1.54) is 6.20 Å². The zero-order valence-corrected chi connectivity index (χ0v) is 11.7. The Morgan fingerprint density at radius 2 is 2.15 bits per heavy atom. The smallest absolute Gasteiger partial charge is 0.339 e. The molecular weight excluding hydrogens is 256 g/mol. The second-order valence-electron chi connectivity index (χ2n) is 4.50. The fourth-order valence-corrected chi connectivity index (χ4v) is 2.15. The number of hydrogen-bond donors (Lipinski definition) is 1. The van der Waals surface area contributed by atoms with Crippen LogP contribution in [0.1, 0.15) is 35.8 Å². The molecule has 106 valence electrons. The highest BCUT2D eigenvalue weighted by atomic mass is 16.5. The van der Waals surface area contributed by atoms with Gasteiger partial charge in [0.2, 0.25) is 0 Å². The number of carboxylic acid groups (broad SMARTS) is 1. The first-order valence-electron chi connectivity index (χ1n) is 6.62. The number of methoxy groups -OCH3 is 1. The van der Waals surface area contributed by atoms with Crippen molar-refractivity contribution in [2.45, 2.75) is 26.2 Å². The average Bonchev–Trinajstić information content (AvgIpc) is 2.88. The molecule has 0 radical (unpaired) electrons. The van der Waals surface area contributed by atoms with E-state index in [-0.39, 0.29) is 5.56 Å². The number of carbonyl (C=O) groups is 1. The second-order valence-corrected chi connectivity index (χ2v) is 4.50. The molecule has 1 aromatic carbocycles. The highest BCUT2D eigenvalue weighted by Crippen LogP contribution is 2.25. The second kappa shape index (κ2) is 6.23. The zero-order valence-electron chi connectivity index (χ0n) is 11.7. The first kappa shape index (κ1) is 14.1. The number of aromatic nitrogens is 2. The van der Waals surface area contributed by atoms with Crippen LogP contribution in [0.3, 0.4) is 0 Å². The molecule has 2 aromatic rings. The lowest BCUT2D eigenvalue weighted by molar-refractivity contribution is 0.0695. The van der Waals surface area contributed by atoms with Gasteiger partial charge in [0, 0.05) is 0 Å². The Hall–Kier alpha value is -2.30. The standard InChI is InChI=1S/C15H18N2O3/c1-3-4-7-12-11(15(18)19)10-16-17(12)13-8-5-6-9-14(13)20-2/h5-6,8-10H,3-4,7H2,1-2H3,(H,18,19). The van der Waals surface area contributed by atoms with E-state index in [0.29, 0.717) is 17.9 Å². The van der Waals surface area contributed by atoms with Gasteiger partial charge in [-0.2, -0.15) is 5.10 Å². The number of aromatic carboxylic acids is 1. The van der Waals surface area contributed by atoms with E-state index in [4.69, 9.17) is 4.74 Å². The van der Waals surface area contributed by atoms with E-state index in [2.05, 4.69) is 12.0 Å². The molecule has 5 nitrogen and oxygen atoms in total. The first-order chi connectivity index (χ1) is 9.69. The third-order valence-electron chi connectivity index (χ3n) is 3.18. The molecule has 0 saturated heterocycles. The van der Waals surface area contributed by atoms with Crippen molar-refractivity contribution in [3.8, 4) is 11.4 Å². The van der Waals surface area contributed by atoms with Gasteiger partial charge < -0.3 is 9.84 Å². The highest BCUT2D eigenvalue weighted by Gasteiger charge is 2.18.